The predicted octanol–water partition coefficient (Wildman–Crippen LogP) is 4.57. The summed E-state index contributed by atoms with van der Waals surface area (Å²) in [5.41, 5.74) is 0.0743. The van der Waals surface area contributed by atoms with Crippen LogP contribution in [0.25, 0.3) is 0 Å². The second kappa shape index (κ2) is 7.03. The van der Waals surface area contributed by atoms with Crippen LogP contribution in [0, 0.1) is 10.8 Å². The molecule has 17 heavy (non-hydrogen) atoms. The Balaban J connectivity index is 3.39. The molecular formula is C15H30O2. The second-order valence-electron chi connectivity index (χ2n) is 7.11. The molecule has 0 aromatic heterocycles. The molecule has 0 atom stereocenters. The van der Waals surface area contributed by atoms with Gasteiger partial charge in [0, 0.05) is 0 Å². The van der Waals surface area contributed by atoms with Crippen molar-refractivity contribution in [3.63, 3.8) is 0 Å². The Labute approximate surface area is 107 Å². The third-order valence-corrected chi connectivity index (χ3v) is 2.67. The summed E-state index contributed by atoms with van der Waals surface area (Å²) >= 11 is 0. The number of carbonyl (C=O) groups excluding carboxylic acids is 1. The van der Waals surface area contributed by atoms with E-state index >= 15 is 0 Å². The quantitative estimate of drug-likeness (QED) is 0.503. The molecule has 0 heterocycles. The van der Waals surface area contributed by atoms with Crippen LogP contribution in [0.3, 0.4) is 0 Å². The van der Waals surface area contributed by atoms with Crippen LogP contribution in [0.4, 0.5) is 0 Å². The number of carbonyl (C=O) groups is 1. The molecule has 0 N–H and O–H groups in total. The molecule has 0 aromatic rings. The Bertz CT molecular complexity index is 218. The lowest BCUT2D eigenvalue weighted by Gasteiger charge is -2.18. The summed E-state index contributed by atoms with van der Waals surface area (Å²) in [6.45, 7) is 13.1. The van der Waals surface area contributed by atoms with Crippen molar-refractivity contribution >= 4 is 5.97 Å². The van der Waals surface area contributed by atoms with Gasteiger partial charge >= 0.3 is 5.97 Å². The number of esters is 1. The first-order chi connectivity index (χ1) is 7.63. The van der Waals surface area contributed by atoms with E-state index in [1.54, 1.807) is 0 Å². The van der Waals surface area contributed by atoms with Gasteiger partial charge in [0.25, 0.3) is 0 Å². The molecule has 0 saturated heterocycles. The standard InChI is InChI=1S/C15H30O2/c1-14(2,3)11-9-7-8-10-12-17-13(16)15(4,5)6/h7-12H2,1-6H3. The van der Waals surface area contributed by atoms with E-state index in [2.05, 4.69) is 20.8 Å². The minimum Gasteiger partial charge on any atom is -0.465 e. The van der Waals surface area contributed by atoms with Gasteiger partial charge in [-0.3, -0.25) is 4.79 Å². The van der Waals surface area contributed by atoms with Crippen molar-refractivity contribution < 1.29 is 9.53 Å². The molecule has 0 rings (SSSR count). The van der Waals surface area contributed by atoms with Gasteiger partial charge in [-0.05, 0) is 39.0 Å². The largest absolute Gasteiger partial charge is 0.465 e. The maximum Gasteiger partial charge on any atom is 0.311 e. The second-order valence-corrected chi connectivity index (χ2v) is 7.11. The molecule has 0 aliphatic carbocycles. The van der Waals surface area contributed by atoms with Crippen molar-refractivity contribution in [2.45, 2.75) is 73.6 Å². The topological polar surface area (TPSA) is 26.3 Å². The summed E-state index contributed by atoms with van der Waals surface area (Å²) in [5, 5.41) is 0. The number of hydrogen-bond acceptors (Lipinski definition) is 2. The highest BCUT2D eigenvalue weighted by Gasteiger charge is 2.22. The lowest BCUT2D eigenvalue weighted by atomic mass is 9.89. The van der Waals surface area contributed by atoms with Gasteiger partial charge in [0.15, 0.2) is 0 Å². The molecule has 2 heteroatoms. The van der Waals surface area contributed by atoms with Crippen LogP contribution in [0.1, 0.15) is 73.6 Å². The van der Waals surface area contributed by atoms with E-state index in [0.29, 0.717) is 12.0 Å². The molecule has 0 aromatic carbocycles. The summed E-state index contributed by atoms with van der Waals surface area (Å²) in [6, 6.07) is 0. The van der Waals surface area contributed by atoms with E-state index in [-0.39, 0.29) is 11.4 Å². The van der Waals surface area contributed by atoms with Crippen molar-refractivity contribution in [2.75, 3.05) is 6.61 Å². The average Bonchev–Trinajstić information content (AvgIpc) is 2.12. The monoisotopic (exact) mass is 242 g/mol. The van der Waals surface area contributed by atoms with Gasteiger partial charge in [-0.15, -0.1) is 0 Å². The molecule has 0 bridgehead atoms. The van der Waals surface area contributed by atoms with Crippen molar-refractivity contribution in [3.8, 4) is 0 Å². The SMILES string of the molecule is CC(C)(C)CCCCCCOC(=O)C(C)(C)C. The van der Waals surface area contributed by atoms with Gasteiger partial charge in [-0.25, -0.2) is 0 Å². The van der Waals surface area contributed by atoms with Crippen LogP contribution in [-0.4, -0.2) is 12.6 Å². The first-order valence-electron chi connectivity index (χ1n) is 6.80. The molecule has 0 aliphatic heterocycles. The van der Waals surface area contributed by atoms with E-state index in [1.165, 1.54) is 19.3 Å². The highest BCUT2D eigenvalue weighted by molar-refractivity contribution is 5.75. The van der Waals surface area contributed by atoms with Crippen LogP contribution in [0.15, 0.2) is 0 Å². The van der Waals surface area contributed by atoms with Crippen molar-refractivity contribution in [3.05, 3.63) is 0 Å². The molecule has 0 radical (unpaired) electrons. The zero-order valence-electron chi connectivity index (χ0n) is 12.6. The van der Waals surface area contributed by atoms with Gasteiger partial charge in [-0.2, -0.15) is 0 Å². The summed E-state index contributed by atoms with van der Waals surface area (Å²) < 4.78 is 5.22. The molecule has 0 fully saturated rings. The number of ether oxygens (including phenoxy) is 1. The highest BCUT2D eigenvalue weighted by Crippen LogP contribution is 2.22. The fourth-order valence-electron chi connectivity index (χ4n) is 1.49. The van der Waals surface area contributed by atoms with Crippen LogP contribution in [0.2, 0.25) is 0 Å². The van der Waals surface area contributed by atoms with Gasteiger partial charge in [0.05, 0.1) is 12.0 Å². The molecule has 0 aliphatic rings. The van der Waals surface area contributed by atoms with Crippen LogP contribution in [0.5, 0.6) is 0 Å². The zero-order valence-corrected chi connectivity index (χ0v) is 12.6. The Morgan fingerprint density at radius 2 is 1.41 bits per heavy atom. The van der Waals surface area contributed by atoms with Gasteiger partial charge in [-0.1, -0.05) is 40.0 Å². The van der Waals surface area contributed by atoms with E-state index in [0.717, 1.165) is 12.8 Å². The lowest BCUT2D eigenvalue weighted by molar-refractivity contribution is -0.153. The number of rotatable bonds is 6. The van der Waals surface area contributed by atoms with Crippen LogP contribution in [-0.2, 0) is 9.53 Å². The van der Waals surface area contributed by atoms with E-state index in [4.69, 9.17) is 4.74 Å². The fraction of sp³-hybridized carbons (Fsp3) is 0.933. The molecule has 0 unspecified atom stereocenters. The Morgan fingerprint density at radius 1 is 0.882 bits per heavy atom. The van der Waals surface area contributed by atoms with E-state index in [1.807, 2.05) is 20.8 Å². The Kier molecular flexibility index (Phi) is 6.81. The summed E-state index contributed by atoms with van der Waals surface area (Å²) in [4.78, 5) is 11.5. The van der Waals surface area contributed by atoms with E-state index < -0.39 is 0 Å². The molecule has 0 saturated carbocycles. The summed E-state index contributed by atoms with van der Waals surface area (Å²) in [5.74, 6) is -0.0906. The minimum atomic E-state index is -0.369. The lowest BCUT2D eigenvalue weighted by Crippen LogP contribution is -2.23. The zero-order chi connectivity index (χ0) is 13.5. The Morgan fingerprint density at radius 3 is 1.88 bits per heavy atom. The van der Waals surface area contributed by atoms with Crippen molar-refractivity contribution in [2.24, 2.45) is 10.8 Å². The number of hydrogen-bond donors (Lipinski definition) is 0. The Hall–Kier alpha value is -0.530. The van der Waals surface area contributed by atoms with Crippen molar-refractivity contribution in [1.82, 2.24) is 0 Å². The molecule has 102 valence electrons. The molecule has 2 nitrogen and oxygen atoms in total. The third kappa shape index (κ3) is 10.3. The van der Waals surface area contributed by atoms with Crippen molar-refractivity contribution in [1.29, 1.82) is 0 Å². The van der Waals surface area contributed by atoms with Gasteiger partial charge in [0.1, 0.15) is 0 Å². The number of unbranched alkanes of at least 4 members (excludes halogenated alkanes) is 3. The normalized spacial score (nSPS) is 12.6. The highest BCUT2D eigenvalue weighted by atomic mass is 16.5. The molecular weight excluding hydrogens is 212 g/mol. The van der Waals surface area contributed by atoms with Crippen LogP contribution < -0.4 is 0 Å². The molecule has 0 spiro atoms. The minimum absolute atomic E-state index is 0.0906. The molecule has 0 amide bonds. The fourth-order valence-corrected chi connectivity index (χ4v) is 1.49. The average molecular weight is 242 g/mol. The summed E-state index contributed by atoms with van der Waals surface area (Å²) in [6.07, 6.45) is 5.94. The smallest absolute Gasteiger partial charge is 0.311 e. The third-order valence-electron chi connectivity index (χ3n) is 2.67. The predicted molar refractivity (Wildman–Crippen MR) is 73.0 cm³/mol. The van der Waals surface area contributed by atoms with E-state index in [9.17, 15) is 4.79 Å². The maximum absolute atomic E-state index is 11.5. The van der Waals surface area contributed by atoms with Crippen LogP contribution >= 0.6 is 0 Å². The maximum atomic E-state index is 11.5. The van der Waals surface area contributed by atoms with Gasteiger partial charge in [0.2, 0.25) is 0 Å². The first kappa shape index (κ1) is 16.5. The first-order valence-corrected chi connectivity index (χ1v) is 6.80. The van der Waals surface area contributed by atoms with Gasteiger partial charge < -0.3 is 4.74 Å². The summed E-state index contributed by atoms with van der Waals surface area (Å²) in [7, 11) is 0.